The van der Waals surface area contributed by atoms with E-state index in [1.54, 1.807) is 0 Å². The number of alkyl halides is 3. The number of hydrogen-bond acceptors (Lipinski definition) is 3. The molecule has 112 valence electrons. The zero-order valence-electron chi connectivity index (χ0n) is 11.0. The molecule has 0 aliphatic heterocycles. The standard InChI is InChI=1S/C11H14O2.C2HF3O2/c1-3-13-11(12)9(2)10-7-5-4-6-8-10;3-2(4,5)1(6)7/h4-9H,3H2,1-2H3;(H,6,7). The topological polar surface area (TPSA) is 63.6 Å². The second-order valence-electron chi connectivity index (χ2n) is 3.69. The van der Waals surface area contributed by atoms with Crippen LogP contribution < -0.4 is 0 Å². The Morgan fingerprint density at radius 2 is 1.70 bits per heavy atom. The summed E-state index contributed by atoms with van der Waals surface area (Å²) in [6.07, 6.45) is -5.08. The third-order valence-electron chi connectivity index (χ3n) is 2.18. The van der Waals surface area contributed by atoms with Crippen LogP contribution in [0, 0.1) is 0 Å². The van der Waals surface area contributed by atoms with Crippen LogP contribution in [-0.2, 0) is 14.3 Å². The minimum Gasteiger partial charge on any atom is -0.475 e. The highest BCUT2D eigenvalue weighted by molar-refractivity contribution is 5.77. The van der Waals surface area contributed by atoms with Gasteiger partial charge in [-0.2, -0.15) is 13.2 Å². The molecular weight excluding hydrogens is 277 g/mol. The lowest BCUT2D eigenvalue weighted by Gasteiger charge is -2.09. The van der Waals surface area contributed by atoms with Gasteiger partial charge in [0.25, 0.3) is 0 Å². The smallest absolute Gasteiger partial charge is 0.475 e. The second kappa shape index (κ2) is 8.19. The van der Waals surface area contributed by atoms with E-state index in [1.165, 1.54) is 0 Å². The number of carboxylic acid groups (broad SMARTS) is 1. The van der Waals surface area contributed by atoms with Gasteiger partial charge in [-0.15, -0.1) is 0 Å². The van der Waals surface area contributed by atoms with Gasteiger partial charge in [0.2, 0.25) is 0 Å². The first-order chi connectivity index (χ1) is 9.20. The van der Waals surface area contributed by atoms with Gasteiger partial charge in [0.05, 0.1) is 12.5 Å². The molecule has 20 heavy (non-hydrogen) atoms. The van der Waals surface area contributed by atoms with Crippen LogP contribution in [0.15, 0.2) is 30.3 Å². The maximum absolute atomic E-state index is 11.3. The monoisotopic (exact) mass is 292 g/mol. The van der Waals surface area contributed by atoms with Gasteiger partial charge < -0.3 is 9.84 Å². The minimum absolute atomic E-state index is 0.159. The molecule has 0 saturated carbocycles. The van der Waals surface area contributed by atoms with Crippen molar-refractivity contribution < 1.29 is 32.6 Å². The van der Waals surface area contributed by atoms with Crippen LogP contribution in [0.4, 0.5) is 13.2 Å². The fourth-order valence-corrected chi connectivity index (χ4v) is 1.15. The third-order valence-corrected chi connectivity index (χ3v) is 2.18. The minimum atomic E-state index is -5.08. The summed E-state index contributed by atoms with van der Waals surface area (Å²) >= 11 is 0. The Labute approximate surface area is 114 Å². The van der Waals surface area contributed by atoms with E-state index in [4.69, 9.17) is 14.6 Å². The number of carbonyl (C=O) groups excluding carboxylic acids is 1. The fraction of sp³-hybridized carbons (Fsp3) is 0.385. The van der Waals surface area contributed by atoms with Gasteiger partial charge in [0, 0.05) is 0 Å². The highest BCUT2D eigenvalue weighted by atomic mass is 19.4. The molecule has 1 rings (SSSR count). The summed E-state index contributed by atoms with van der Waals surface area (Å²) in [6.45, 7) is 4.11. The van der Waals surface area contributed by atoms with E-state index in [0.29, 0.717) is 6.61 Å². The van der Waals surface area contributed by atoms with Crippen LogP contribution in [0.1, 0.15) is 25.3 Å². The van der Waals surface area contributed by atoms with Crippen molar-refractivity contribution >= 4 is 11.9 Å². The van der Waals surface area contributed by atoms with E-state index in [9.17, 15) is 18.0 Å². The van der Waals surface area contributed by atoms with Crippen LogP contribution in [0.25, 0.3) is 0 Å². The molecular formula is C13H15F3O4. The summed E-state index contributed by atoms with van der Waals surface area (Å²) in [6, 6.07) is 9.64. The molecule has 0 aliphatic rings. The first-order valence-electron chi connectivity index (χ1n) is 5.71. The molecule has 0 fully saturated rings. The Hall–Kier alpha value is -2.05. The maximum atomic E-state index is 11.3. The van der Waals surface area contributed by atoms with Crippen molar-refractivity contribution in [2.45, 2.75) is 25.9 Å². The Morgan fingerprint density at radius 1 is 1.25 bits per heavy atom. The van der Waals surface area contributed by atoms with E-state index < -0.39 is 12.1 Å². The van der Waals surface area contributed by atoms with Gasteiger partial charge in [-0.1, -0.05) is 30.3 Å². The van der Waals surface area contributed by atoms with Gasteiger partial charge in [-0.3, -0.25) is 4.79 Å². The fourth-order valence-electron chi connectivity index (χ4n) is 1.15. The largest absolute Gasteiger partial charge is 0.490 e. The van der Waals surface area contributed by atoms with Crippen molar-refractivity contribution in [2.75, 3.05) is 6.61 Å². The molecule has 0 aromatic heterocycles. The number of carbonyl (C=O) groups is 2. The van der Waals surface area contributed by atoms with Crippen LogP contribution >= 0.6 is 0 Å². The molecule has 0 heterocycles. The lowest BCUT2D eigenvalue weighted by atomic mass is 10.0. The van der Waals surface area contributed by atoms with Crippen molar-refractivity contribution in [3.63, 3.8) is 0 Å². The Morgan fingerprint density at radius 3 is 2.05 bits per heavy atom. The summed E-state index contributed by atoms with van der Waals surface area (Å²) in [5.41, 5.74) is 1.00. The van der Waals surface area contributed by atoms with Gasteiger partial charge in [-0.25, -0.2) is 4.79 Å². The highest BCUT2D eigenvalue weighted by Gasteiger charge is 2.38. The summed E-state index contributed by atoms with van der Waals surface area (Å²) in [7, 11) is 0. The summed E-state index contributed by atoms with van der Waals surface area (Å²) in [4.78, 5) is 20.2. The van der Waals surface area contributed by atoms with Gasteiger partial charge in [-0.05, 0) is 19.4 Å². The molecule has 1 atom stereocenters. The normalized spacial score (nSPS) is 11.8. The maximum Gasteiger partial charge on any atom is 0.490 e. The third kappa shape index (κ3) is 6.77. The molecule has 4 nitrogen and oxygen atoms in total. The molecule has 0 bridgehead atoms. The molecule has 7 heteroatoms. The Kier molecular flexibility index (Phi) is 7.35. The van der Waals surface area contributed by atoms with E-state index >= 15 is 0 Å². The van der Waals surface area contributed by atoms with Crippen LogP contribution in [0.2, 0.25) is 0 Å². The number of halogens is 3. The summed E-state index contributed by atoms with van der Waals surface area (Å²) in [5.74, 6) is -3.08. The van der Waals surface area contributed by atoms with Crippen molar-refractivity contribution in [2.24, 2.45) is 0 Å². The molecule has 0 saturated heterocycles. The molecule has 1 N–H and O–H groups in total. The SMILES string of the molecule is CCOC(=O)C(C)c1ccccc1.O=C(O)C(F)(F)F. The predicted octanol–water partition coefficient (Wildman–Crippen LogP) is 2.99. The number of esters is 1. The molecule has 1 unspecified atom stereocenters. The van der Waals surface area contributed by atoms with Gasteiger partial charge >= 0.3 is 18.1 Å². The zero-order chi connectivity index (χ0) is 15.8. The first kappa shape index (κ1) is 17.9. The lowest BCUT2D eigenvalue weighted by molar-refractivity contribution is -0.192. The number of aliphatic carboxylic acids is 1. The van der Waals surface area contributed by atoms with E-state index in [1.807, 2.05) is 44.2 Å². The number of rotatable bonds is 3. The molecule has 0 amide bonds. The number of carboxylic acids is 1. The molecule has 1 aromatic rings. The molecule has 0 spiro atoms. The second-order valence-corrected chi connectivity index (χ2v) is 3.69. The van der Waals surface area contributed by atoms with Crippen LogP contribution in [0.5, 0.6) is 0 Å². The Balaban J connectivity index is 0.000000441. The summed E-state index contributed by atoms with van der Waals surface area (Å²) in [5, 5.41) is 7.12. The van der Waals surface area contributed by atoms with E-state index in [0.717, 1.165) is 5.56 Å². The van der Waals surface area contributed by atoms with Crippen molar-refractivity contribution in [3.05, 3.63) is 35.9 Å². The average Bonchev–Trinajstić information content (AvgIpc) is 2.38. The number of ether oxygens (including phenoxy) is 1. The Bertz CT molecular complexity index is 429. The first-order valence-corrected chi connectivity index (χ1v) is 5.71. The lowest BCUT2D eigenvalue weighted by Crippen LogP contribution is -2.21. The van der Waals surface area contributed by atoms with Crippen molar-refractivity contribution in [1.29, 1.82) is 0 Å². The van der Waals surface area contributed by atoms with Crippen LogP contribution in [0.3, 0.4) is 0 Å². The predicted molar refractivity (Wildman–Crippen MR) is 65.2 cm³/mol. The quantitative estimate of drug-likeness (QED) is 0.870. The molecule has 0 radical (unpaired) electrons. The average molecular weight is 292 g/mol. The van der Waals surface area contributed by atoms with Gasteiger partial charge in [0.1, 0.15) is 0 Å². The van der Waals surface area contributed by atoms with Gasteiger partial charge in [0.15, 0.2) is 0 Å². The van der Waals surface area contributed by atoms with Crippen molar-refractivity contribution in [1.82, 2.24) is 0 Å². The molecule has 0 aliphatic carbocycles. The van der Waals surface area contributed by atoms with Crippen molar-refractivity contribution in [3.8, 4) is 0 Å². The summed E-state index contributed by atoms with van der Waals surface area (Å²) < 4.78 is 36.7. The number of hydrogen-bond donors (Lipinski definition) is 1. The van der Waals surface area contributed by atoms with E-state index in [-0.39, 0.29) is 11.9 Å². The molecule has 1 aromatic carbocycles. The van der Waals surface area contributed by atoms with Crippen LogP contribution in [-0.4, -0.2) is 29.8 Å². The zero-order valence-corrected chi connectivity index (χ0v) is 11.0. The van der Waals surface area contributed by atoms with E-state index in [2.05, 4.69) is 0 Å². The number of benzene rings is 1. The highest BCUT2D eigenvalue weighted by Crippen LogP contribution is 2.15.